The standard InChI is InChI=1S/C22H14FNO5S/c23-16-6-4-13(5-7-16)12-24-20(25)19(30-22(24)28)11-17-8-9-18(29-17)14-2-1-3-15(10-14)21(26)27/h1-11H,12H2,(H,26,27)/b19-11-. The first-order valence-corrected chi connectivity index (χ1v) is 9.66. The molecule has 1 saturated heterocycles. The van der Waals surface area contributed by atoms with Crippen LogP contribution in [0.5, 0.6) is 0 Å². The van der Waals surface area contributed by atoms with Gasteiger partial charge in [0.05, 0.1) is 17.0 Å². The first-order chi connectivity index (χ1) is 14.4. The molecule has 30 heavy (non-hydrogen) atoms. The number of carboxylic acids is 1. The molecule has 1 fully saturated rings. The summed E-state index contributed by atoms with van der Waals surface area (Å²) in [5.41, 5.74) is 1.35. The van der Waals surface area contributed by atoms with Crippen LogP contribution in [0.3, 0.4) is 0 Å². The first kappa shape index (κ1) is 19.7. The molecule has 0 aliphatic carbocycles. The minimum atomic E-state index is -1.04. The number of benzene rings is 2. The van der Waals surface area contributed by atoms with E-state index >= 15 is 0 Å². The van der Waals surface area contributed by atoms with Crippen LogP contribution >= 0.6 is 11.8 Å². The highest BCUT2D eigenvalue weighted by atomic mass is 32.2. The Hall–Kier alpha value is -3.65. The van der Waals surface area contributed by atoms with Gasteiger partial charge in [0.2, 0.25) is 0 Å². The minimum Gasteiger partial charge on any atom is -0.478 e. The Morgan fingerprint density at radius 2 is 1.87 bits per heavy atom. The van der Waals surface area contributed by atoms with Crippen LogP contribution in [0.15, 0.2) is 70.0 Å². The molecule has 6 nitrogen and oxygen atoms in total. The molecule has 8 heteroatoms. The largest absolute Gasteiger partial charge is 0.478 e. The molecule has 1 aromatic heterocycles. The number of aromatic carboxylic acids is 1. The fourth-order valence-electron chi connectivity index (χ4n) is 2.93. The van der Waals surface area contributed by atoms with Gasteiger partial charge in [-0.1, -0.05) is 24.3 Å². The van der Waals surface area contributed by atoms with Crippen molar-refractivity contribution in [2.75, 3.05) is 0 Å². The molecule has 0 saturated carbocycles. The van der Waals surface area contributed by atoms with Gasteiger partial charge in [0.15, 0.2) is 0 Å². The SMILES string of the molecule is O=C(O)c1cccc(-c2ccc(/C=C3\SC(=O)N(Cc4ccc(F)cc4)C3=O)o2)c1. The number of halogens is 1. The smallest absolute Gasteiger partial charge is 0.335 e. The summed E-state index contributed by atoms with van der Waals surface area (Å²) in [6.45, 7) is 0.0493. The molecule has 0 radical (unpaired) electrons. The van der Waals surface area contributed by atoms with Crippen molar-refractivity contribution in [3.8, 4) is 11.3 Å². The van der Waals surface area contributed by atoms with Crippen LogP contribution in [0.2, 0.25) is 0 Å². The van der Waals surface area contributed by atoms with Gasteiger partial charge in [0.25, 0.3) is 11.1 Å². The van der Waals surface area contributed by atoms with Gasteiger partial charge in [-0.2, -0.15) is 0 Å². The van der Waals surface area contributed by atoms with E-state index in [2.05, 4.69) is 0 Å². The molecule has 3 aromatic rings. The molecule has 1 N–H and O–H groups in total. The zero-order valence-corrected chi connectivity index (χ0v) is 16.2. The lowest BCUT2D eigenvalue weighted by Gasteiger charge is -2.12. The number of carboxylic acid groups (broad SMARTS) is 1. The average molecular weight is 423 g/mol. The Balaban J connectivity index is 1.53. The van der Waals surface area contributed by atoms with Gasteiger partial charge < -0.3 is 9.52 Å². The fourth-order valence-corrected chi connectivity index (χ4v) is 3.75. The van der Waals surface area contributed by atoms with Crippen molar-refractivity contribution >= 4 is 35.0 Å². The number of hydrogen-bond donors (Lipinski definition) is 1. The highest BCUT2D eigenvalue weighted by molar-refractivity contribution is 8.18. The number of amides is 2. The van der Waals surface area contributed by atoms with E-state index in [1.54, 1.807) is 24.3 Å². The van der Waals surface area contributed by atoms with Crippen LogP contribution in [-0.4, -0.2) is 27.1 Å². The number of imide groups is 1. The highest BCUT2D eigenvalue weighted by Gasteiger charge is 2.35. The number of carbonyl (C=O) groups excluding carboxylic acids is 2. The molecule has 1 aliphatic heterocycles. The molecule has 4 rings (SSSR count). The zero-order chi connectivity index (χ0) is 21.3. The Morgan fingerprint density at radius 1 is 1.10 bits per heavy atom. The monoisotopic (exact) mass is 423 g/mol. The predicted molar refractivity (Wildman–Crippen MR) is 109 cm³/mol. The number of furan rings is 1. The van der Waals surface area contributed by atoms with E-state index in [0.717, 1.165) is 16.7 Å². The number of rotatable bonds is 5. The predicted octanol–water partition coefficient (Wildman–Crippen LogP) is 5.02. The third-order valence-electron chi connectivity index (χ3n) is 4.42. The van der Waals surface area contributed by atoms with Crippen molar-refractivity contribution in [1.29, 1.82) is 0 Å². The molecule has 0 spiro atoms. The normalized spacial score (nSPS) is 15.2. The van der Waals surface area contributed by atoms with Crippen molar-refractivity contribution < 1.29 is 28.3 Å². The Kier molecular flexibility index (Phi) is 5.24. The number of carbonyl (C=O) groups is 3. The quantitative estimate of drug-likeness (QED) is 0.580. The number of thioether (sulfide) groups is 1. The van der Waals surface area contributed by atoms with E-state index < -0.39 is 22.9 Å². The van der Waals surface area contributed by atoms with Gasteiger partial charge in [-0.25, -0.2) is 9.18 Å². The van der Waals surface area contributed by atoms with Crippen LogP contribution < -0.4 is 0 Å². The van der Waals surface area contributed by atoms with Crippen LogP contribution in [-0.2, 0) is 11.3 Å². The van der Waals surface area contributed by atoms with Crippen LogP contribution in [0, 0.1) is 5.82 Å². The molecular weight excluding hydrogens is 409 g/mol. The molecule has 2 amide bonds. The summed E-state index contributed by atoms with van der Waals surface area (Å²) in [6.07, 6.45) is 1.47. The second-order valence-corrected chi connectivity index (χ2v) is 7.48. The van der Waals surface area contributed by atoms with Crippen molar-refractivity contribution in [1.82, 2.24) is 4.90 Å². The zero-order valence-electron chi connectivity index (χ0n) is 15.4. The first-order valence-electron chi connectivity index (χ1n) is 8.84. The van der Waals surface area contributed by atoms with E-state index in [-0.39, 0.29) is 17.0 Å². The van der Waals surface area contributed by atoms with Gasteiger partial charge in [-0.05, 0) is 53.7 Å². The molecule has 2 heterocycles. The maximum atomic E-state index is 13.0. The van der Waals surface area contributed by atoms with Gasteiger partial charge in [0, 0.05) is 11.6 Å². The summed E-state index contributed by atoms with van der Waals surface area (Å²) in [4.78, 5) is 37.3. The lowest BCUT2D eigenvalue weighted by atomic mass is 10.1. The highest BCUT2D eigenvalue weighted by Crippen LogP contribution is 2.34. The molecule has 150 valence electrons. The van der Waals surface area contributed by atoms with Crippen LogP contribution in [0.25, 0.3) is 17.4 Å². The molecule has 0 atom stereocenters. The van der Waals surface area contributed by atoms with E-state index in [0.29, 0.717) is 22.6 Å². The fraction of sp³-hybridized carbons (Fsp3) is 0.0455. The minimum absolute atomic E-state index is 0.0493. The second kappa shape index (κ2) is 8.00. The maximum Gasteiger partial charge on any atom is 0.335 e. The topological polar surface area (TPSA) is 87.8 Å². The van der Waals surface area contributed by atoms with Gasteiger partial charge in [-0.15, -0.1) is 0 Å². The summed E-state index contributed by atoms with van der Waals surface area (Å²) in [5.74, 6) is -1.10. The summed E-state index contributed by atoms with van der Waals surface area (Å²) >= 11 is 0.797. The molecule has 2 aromatic carbocycles. The average Bonchev–Trinajstić information content (AvgIpc) is 3.30. The third-order valence-corrected chi connectivity index (χ3v) is 5.33. The lowest BCUT2D eigenvalue weighted by molar-refractivity contribution is -0.123. The summed E-state index contributed by atoms with van der Waals surface area (Å²) < 4.78 is 18.8. The van der Waals surface area contributed by atoms with E-state index in [9.17, 15) is 18.8 Å². The molecule has 0 bridgehead atoms. The van der Waals surface area contributed by atoms with E-state index in [1.807, 2.05) is 0 Å². The Bertz CT molecular complexity index is 1180. The summed E-state index contributed by atoms with van der Waals surface area (Å²) in [7, 11) is 0. The van der Waals surface area contributed by atoms with Crippen molar-refractivity contribution in [3.63, 3.8) is 0 Å². The third kappa shape index (κ3) is 4.04. The van der Waals surface area contributed by atoms with Gasteiger partial charge >= 0.3 is 5.97 Å². The maximum absolute atomic E-state index is 13.0. The van der Waals surface area contributed by atoms with E-state index in [4.69, 9.17) is 9.52 Å². The van der Waals surface area contributed by atoms with Crippen LogP contribution in [0.4, 0.5) is 9.18 Å². The Labute approximate surface area is 174 Å². The molecular formula is C22H14FNO5S. The van der Waals surface area contributed by atoms with E-state index in [1.165, 1.54) is 42.5 Å². The second-order valence-electron chi connectivity index (χ2n) is 6.48. The summed E-state index contributed by atoms with van der Waals surface area (Å²) in [5, 5.41) is 8.69. The molecule has 0 unspecified atom stereocenters. The molecule has 1 aliphatic rings. The van der Waals surface area contributed by atoms with Crippen molar-refractivity contribution in [2.24, 2.45) is 0 Å². The number of hydrogen-bond acceptors (Lipinski definition) is 5. The van der Waals surface area contributed by atoms with Gasteiger partial charge in [-0.3, -0.25) is 14.5 Å². The van der Waals surface area contributed by atoms with Gasteiger partial charge in [0.1, 0.15) is 17.3 Å². The van der Waals surface area contributed by atoms with Crippen LogP contribution in [0.1, 0.15) is 21.7 Å². The van der Waals surface area contributed by atoms with Crippen molar-refractivity contribution in [3.05, 3.63) is 88.3 Å². The Morgan fingerprint density at radius 3 is 2.60 bits per heavy atom. The summed E-state index contributed by atoms with van der Waals surface area (Å²) in [6, 6.07) is 15.2. The lowest BCUT2D eigenvalue weighted by Crippen LogP contribution is -2.27. The number of nitrogens with zero attached hydrogens (tertiary/aromatic N) is 1. The van der Waals surface area contributed by atoms with Crippen molar-refractivity contribution in [2.45, 2.75) is 6.54 Å².